The molecule has 2 aromatic carbocycles. The fourth-order valence-corrected chi connectivity index (χ4v) is 2.93. The fourth-order valence-electron chi connectivity index (χ4n) is 2.29. The van der Waals surface area contributed by atoms with Crippen molar-refractivity contribution in [3.8, 4) is 11.5 Å². The Kier molecular flexibility index (Phi) is 4.18. The van der Waals surface area contributed by atoms with Gasteiger partial charge in [-0.25, -0.2) is 0 Å². The molecule has 0 bridgehead atoms. The normalized spacial score (nSPS) is 12.9. The van der Waals surface area contributed by atoms with E-state index in [2.05, 4.69) is 15.9 Å². The third-order valence-electron chi connectivity index (χ3n) is 3.30. The van der Waals surface area contributed by atoms with E-state index in [1.165, 1.54) is 11.1 Å². The lowest BCUT2D eigenvalue weighted by molar-refractivity contribution is 0.292. The van der Waals surface area contributed by atoms with Crippen LogP contribution in [0.15, 0.2) is 36.4 Å². The third-order valence-corrected chi connectivity index (χ3v) is 4.16. The topological polar surface area (TPSA) is 18.5 Å². The SMILES string of the molecule is Clc1cc2c(c(COc3ccc(CBr)cc3)c1)OCC2. The van der Waals surface area contributed by atoms with Gasteiger partial charge in [0.15, 0.2) is 0 Å². The van der Waals surface area contributed by atoms with Crippen LogP contribution in [0.2, 0.25) is 5.02 Å². The molecule has 20 heavy (non-hydrogen) atoms. The predicted molar refractivity (Wildman–Crippen MR) is 84.1 cm³/mol. The first-order valence-electron chi connectivity index (χ1n) is 6.48. The van der Waals surface area contributed by atoms with Crippen molar-refractivity contribution in [3.05, 3.63) is 58.1 Å². The van der Waals surface area contributed by atoms with Crippen molar-refractivity contribution in [1.82, 2.24) is 0 Å². The molecule has 0 spiro atoms. The number of hydrogen-bond acceptors (Lipinski definition) is 2. The van der Waals surface area contributed by atoms with E-state index < -0.39 is 0 Å². The summed E-state index contributed by atoms with van der Waals surface area (Å²) in [6.07, 6.45) is 0.919. The van der Waals surface area contributed by atoms with E-state index in [1.54, 1.807) is 0 Å². The van der Waals surface area contributed by atoms with Crippen molar-refractivity contribution in [2.45, 2.75) is 18.4 Å². The summed E-state index contributed by atoms with van der Waals surface area (Å²) in [5.41, 5.74) is 3.41. The van der Waals surface area contributed by atoms with Gasteiger partial charge in [0.2, 0.25) is 0 Å². The minimum atomic E-state index is 0.469. The van der Waals surface area contributed by atoms with Crippen molar-refractivity contribution in [1.29, 1.82) is 0 Å². The molecular weight excluding hydrogens is 340 g/mol. The molecule has 1 aliphatic heterocycles. The van der Waals surface area contributed by atoms with Crippen LogP contribution in [0.1, 0.15) is 16.7 Å². The van der Waals surface area contributed by atoms with Gasteiger partial charge >= 0.3 is 0 Å². The van der Waals surface area contributed by atoms with Gasteiger partial charge in [0.25, 0.3) is 0 Å². The monoisotopic (exact) mass is 352 g/mol. The first-order chi connectivity index (χ1) is 9.76. The van der Waals surface area contributed by atoms with Crippen LogP contribution >= 0.6 is 27.5 Å². The molecule has 2 aromatic rings. The first-order valence-corrected chi connectivity index (χ1v) is 7.98. The summed E-state index contributed by atoms with van der Waals surface area (Å²) in [6.45, 7) is 1.19. The molecule has 0 aromatic heterocycles. The van der Waals surface area contributed by atoms with E-state index in [-0.39, 0.29) is 0 Å². The van der Waals surface area contributed by atoms with Crippen LogP contribution in [0.3, 0.4) is 0 Å². The Morgan fingerprint density at radius 3 is 2.75 bits per heavy atom. The molecule has 0 radical (unpaired) electrons. The number of halogens is 2. The molecule has 1 heterocycles. The maximum absolute atomic E-state index is 6.13. The van der Waals surface area contributed by atoms with Crippen LogP contribution in [0.25, 0.3) is 0 Å². The van der Waals surface area contributed by atoms with E-state index in [0.29, 0.717) is 6.61 Å². The van der Waals surface area contributed by atoms with Crippen LogP contribution in [0.5, 0.6) is 11.5 Å². The average molecular weight is 354 g/mol. The van der Waals surface area contributed by atoms with Gasteiger partial charge in [-0.1, -0.05) is 39.7 Å². The Morgan fingerprint density at radius 2 is 2.00 bits per heavy atom. The van der Waals surface area contributed by atoms with Gasteiger partial charge in [-0.2, -0.15) is 0 Å². The minimum Gasteiger partial charge on any atom is -0.493 e. The predicted octanol–water partition coefficient (Wildman–Crippen LogP) is 4.75. The summed E-state index contributed by atoms with van der Waals surface area (Å²) in [5.74, 6) is 1.79. The summed E-state index contributed by atoms with van der Waals surface area (Å²) < 4.78 is 11.5. The molecule has 2 nitrogen and oxygen atoms in total. The maximum atomic E-state index is 6.13. The molecule has 0 N–H and O–H groups in total. The van der Waals surface area contributed by atoms with Crippen LogP contribution in [-0.2, 0) is 18.4 Å². The third kappa shape index (κ3) is 2.94. The fraction of sp³-hybridized carbons (Fsp3) is 0.250. The zero-order valence-corrected chi connectivity index (χ0v) is 13.2. The van der Waals surface area contributed by atoms with Gasteiger partial charge in [0.1, 0.15) is 18.1 Å². The molecule has 0 saturated heterocycles. The van der Waals surface area contributed by atoms with Crippen molar-refractivity contribution < 1.29 is 9.47 Å². The average Bonchev–Trinajstić information content (AvgIpc) is 2.93. The number of fused-ring (bicyclic) bond motifs is 1. The summed E-state index contributed by atoms with van der Waals surface area (Å²) in [5, 5.41) is 1.59. The highest BCUT2D eigenvalue weighted by molar-refractivity contribution is 9.08. The lowest BCUT2D eigenvalue weighted by Crippen LogP contribution is -1.98. The Balaban J connectivity index is 1.75. The van der Waals surface area contributed by atoms with E-state index in [9.17, 15) is 0 Å². The number of alkyl halides is 1. The highest BCUT2D eigenvalue weighted by Gasteiger charge is 2.17. The number of benzene rings is 2. The van der Waals surface area contributed by atoms with Crippen LogP contribution in [0, 0.1) is 0 Å². The summed E-state index contributed by atoms with van der Waals surface area (Å²) >= 11 is 9.56. The number of ether oxygens (including phenoxy) is 2. The molecular formula is C16H14BrClO2. The molecule has 3 rings (SSSR count). The van der Waals surface area contributed by atoms with Gasteiger partial charge in [-0.05, 0) is 35.4 Å². The van der Waals surface area contributed by atoms with Gasteiger partial charge in [-0.3, -0.25) is 0 Å². The lowest BCUT2D eigenvalue weighted by atomic mass is 10.1. The molecule has 0 fully saturated rings. The van der Waals surface area contributed by atoms with E-state index in [0.717, 1.165) is 40.4 Å². The van der Waals surface area contributed by atoms with E-state index in [1.807, 2.05) is 36.4 Å². The number of rotatable bonds is 4. The lowest BCUT2D eigenvalue weighted by Gasteiger charge is -2.11. The molecule has 104 valence electrons. The summed E-state index contributed by atoms with van der Waals surface area (Å²) in [4.78, 5) is 0. The molecule has 0 aliphatic carbocycles. The van der Waals surface area contributed by atoms with Gasteiger partial charge in [0.05, 0.1) is 6.61 Å². The quantitative estimate of drug-likeness (QED) is 0.739. The Labute approximate surface area is 131 Å². The molecule has 0 unspecified atom stereocenters. The van der Waals surface area contributed by atoms with Crippen molar-refractivity contribution >= 4 is 27.5 Å². The Morgan fingerprint density at radius 1 is 1.20 bits per heavy atom. The summed E-state index contributed by atoms with van der Waals surface area (Å²) in [6, 6.07) is 11.9. The zero-order chi connectivity index (χ0) is 13.9. The largest absolute Gasteiger partial charge is 0.493 e. The van der Waals surface area contributed by atoms with Gasteiger partial charge < -0.3 is 9.47 Å². The van der Waals surface area contributed by atoms with E-state index >= 15 is 0 Å². The summed E-state index contributed by atoms with van der Waals surface area (Å²) in [7, 11) is 0. The molecule has 0 saturated carbocycles. The zero-order valence-electron chi connectivity index (χ0n) is 10.9. The van der Waals surface area contributed by atoms with Gasteiger partial charge in [0, 0.05) is 22.3 Å². The highest BCUT2D eigenvalue weighted by Crippen LogP contribution is 2.33. The molecule has 0 amide bonds. The minimum absolute atomic E-state index is 0.469. The Bertz CT molecular complexity index is 611. The first kappa shape index (κ1) is 13.8. The molecule has 4 heteroatoms. The maximum Gasteiger partial charge on any atom is 0.129 e. The van der Waals surface area contributed by atoms with Crippen molar-refractivity contribution in [2.24, 2.45) is 0 Å². The molecule has 1 aliphatic rings. The van der Waals surface area contributed by atoms with Crippen molar-refractivity contribution in [2.75, 3.05) is 6.61 Å². The molecule has 0 atom stereocenters. The Hall–Kier alpha value is -1.19. The number of hydrogen-bond donors (Lipinski definition) is 0. The second kappa shape index (κ2) is 6.06. The van der Waals surface area contributed by atoms with Crippen molar-refractivity contribution in [3.63, 3.8) is 0 Å². The van der Waals surface area contributed by atoms with Crippen LogP contribution in [-0.4, -0.2) is 6.61 Å². The second-order valence-electron chi connectivity index (χ2n) is 4.72. The van der Waals surface area contributed by atoms with E-state index in [4.69, 9.17) is 21.1 Å². The standard InChI is InChI=1S/C16H14BrClO2/c17-9-11-1-3-15(4-2-11)20-10-13-8-14(18)7-12-5-6-19-16(12)13/h1-4,7-8H,5-6,9-10H2. The van der Waals surface area contributed by atoms with Crippen LogP contribution in [0.4, 0.5) is 0 Å². The smallest absolute Gasteiger partial charge is 0.129 e. The van der Waals surface area contributed by atoms with Gasteiger partial charge in [-0.15, -0.1) is 0 Å². The highest BCUT2D eigenvalue weighted by atomic mass is 79.9. The van der Waals surface area contributed by atoms with Crippen LogP contribution < -0.4 is 9.47 Å². The second-order valence-corrected chi connectivity index (χ2v) is 5.72.